The third-order valence-corrected chi connectivity index (χ3v) is 27.4. The van der Waals surface area contributed by atoms with E-state index in [0.717, 1.165) is 0 Å². The Kier molecular flexibility index (Phi) is 8.76. The van der Waals surface area contributed by atoms with Crippen molar-refractivity contribution in [1.82, 2.24) is 8.88 Å². The Balaban J connectivity index is 1.64. The molecule has 0 amide bonds. The zero-order valence-electron chi connectivity index (χ0n) is 19.0. The van der Waals surface area contributed by atoms with Gasteiger partial charge in [0.1, 0.15) is 0 Å². The van der Waals surface area contributed by atoms with Gasteiger partial charge in [0.2, 0.25) is 0 Å². The Morgan fingerprint density at radius 1 is 0.382 bits per heavy atom. The number of nitrogens with zero attached hydrogens (tertiary/aromatic N) is 2. The minimum Gasteiger partial charge on any atom is -0.238 e. The fourth-order valence-electron chi connectivity index (χ4n) is 3.58. The van der Waals surface area contributed by atoms with Crippen molar-refractivity contribution in [2.24, 2.45) is 0 Å². The van der Waals surface area contributed by atoms with Crippen molar-refractivity contribution in [3.63, 3.8) is 0 Å². The van der Waals surface area contributed by atoms with Crippen LogP contribution in [-0.2, 0) is 0 Å². The van der Waals surface area contributed by atoms with Gasteiger partial charge in [-0.25, -0.2) is 8.88 Å². The van der Waals surface area contributed by atoms with Crippen molar-refractivity contribution in [3.8, 4) is 0 Å². The summed E-state index contributed by atoms with van der Waals surface area (Å²) in [7, 11) is 2.50. The van der Waals surface area contributed by atoms with Gasteiger partial charge in [-0.15, -0.1) is 0 Å². The summed E-state index contributed by atoms with van der Waals surface area (Å²) in [5.74, 6) is 0. The smallest absolute Gasteiger partial charge is 0.0679 e. The molecule has 172 valence electrons. The molecule has 0 aliphatic carbocycles. The molecule has 1 aliphatic rings. The molecule has 0 spiro atoms. The van der Waals surface area contributed by atoms with Crippen molar-refractivity contribution >= 4 is 72.3 Å². The monoisotopic (exact) mass is 554 g/mol. The molecule has 0 N–H and O–H groups in total. The minimum atomic E-state index is -0.557. The van der Waals surface area contributed by atoms with E-state index in [1.807, 2.05) is 0 Å². The Hall–Kier alpha value is -0.780. The summed E-state index contributed by atoms with van der Waals surface area (Å²) in [4.78, 5) is 0. The van der Waals surface area contributed by atoms with Crippen molar-refractivity contribution in [3.05, 3.63) is 121 Å². The topological polar surface area (TPSA) is 6.48 Å². The number of rotatable bonds is 4. The van der Waals surface area contributed by atoms with Gasteiger partial charge in [-0.05, 0) is 14.1 Å². The van der Waals surface area contributed by atoms with E-state index in [-0.39, 0.29) is 0 Å². The van der Waals surface area contributed by atoms with Gasteiger partial charge < -0.3 is 0 Å². The highest BCUT2D eigenvalue weighted by Gasteiger charge is 2.39. The Morgan fingerprint density at radius 2 is 0.588 bits per heavy atom. The second-order valence-corrected chi connectivity index (χ2v) is 23.3. The highest BCUT2D eigenvalue weighted by molar-refractivity contribution is 8.93. The average molecular weight is 555 g/mol. The second kappa shape index (κ2) is 12.0. The van der Waals surface area contributed by atoms with Gasteiger partial charge in [-0.2, -0.15) is 0 Å². The SMILES string of the molecule is CN1P(c2ccccc2)S[P@](c2ccccc2)N(C)[P@@](c2ccccc2)SP1c1ccccc1. The Bertz CT molecular complexity index is 987. The van der Waals surface area contributed by atoms with Gasteiger partial charge in [0.05, 0.1) is 29.1 Å². The summed E-state index contributed by atoms with van der Waals surface area (Å²) < 4.78 is 5.43. The Morgan fingerprint density at radius 3 is 0.794 bits per heavy atom. The van der Waals surface area contributed by atoms with E-state index >= 15 is 0 Å². The molecule has 8 heteroatoms. The van der Waals surface area contributed by atoms with Crippen LogP contribution in [0.3, 0.4) is 0 Å². The van der Waals surface area contributed by atoms with E-state index in [1.54, 1.807) is 0 Å². The van der Waals surface area contributed by atoms with Gasteiger partial charge in [0.15, 0.2) is 0 Å². The van der Waals surface area contributed by atoms with Crippen LogP contribution in [0.1, 0.15) is 0 Å². The number of hydrogen-bond donors (Lipinski definition) is 0. The summed E-state index contributed by atoms with van der Waals surface area (Å²) in [6, 6.07) is 44.6. The van der Waals surface area contributed by atoms with Gasteiger partial charge in [0, 0.05) is 21.2 Å². The number of hydrogen-bond acceptors (Lipinski definition) is 4. The van der Waals surface area contributed by atoms with Crippen molar-refractivity contribution in [1.29, 1.82) is 0 Å². The predicted molar refractivity (Wildman–Crippen MR) is 163 cm³/mol. The van der Waals surface area contributed by atoms with Crippen molar-refractivity contribution < 1.29 is 0 Å². The largest absolute Gasteiger partial charge is 0.238 e. The lowest BCUT2D eigenvalue weighted by molar-refractivity contribution is 0.917. The first-order valence-electron chi connectivity index (χ1n) is 11.0. The summed E-state index contributed by atoms with van der Waals surface area (Å²) in [5.41, 5.74) is 0. The van der Waals surface area contributed by atoms with E-state index in [9.17, 15) is 0 Å². The molecule has 0 aromatic heterocycles. The van der Waals surface area contributed by atoms with E-state index < -0.39 is 29.1 Å². The molecule has 34 heavy (non-hydrogen) atoms. The second-order valence-electron chi connectivity index (χ2n) is 7.58. The standard InChI is InChI=1S/C26H26N2P4S2/c1-27-29(23-15-7-3-8-16-23)33-31(25-19-11-5-12-20-25)28(2)32(26-21-13-6-14-22-26)34-30(27)24-17-9-4-10-18-24/h3-22H,1-2H3/t29-,30-,31?,32?/m1/s1. The van der Waals surface area contributed by atoms with Gasteiger partial charge in [-0.1, -0.05) is 143 Å². The van der Waals surface area contributed by atoms with Crippen LogP contribution in [0.2, 0.25) is 0 Å². The van der Waals surface area contributed by atoms with Gasteiger partial charge in [0.25, 0.3) is 0 Å². The normalized spacial score (nSPS) is 24.3. The first kappa shape index (κ1) is 24.9. The van der Waals surface area contributed by atoms with E-state index in [0.29, 0.717) is 0 Å². The zero-order chi connectivity index (χ0) is 23.3. The maximum absolute atomic E-state index is 2.72. The number of benzene rings is 4. The maximum atomic E-state index is 2.72. The highest BCUT2D eigenvalue weighted by atomic mass is 33.1. The molecule has 5 rings (SSSR count). The van der Waals surface area contributed by atoms with Crippen LogP contribution in [0.15, 0.2) is 121 Å². The van der Waals surface area contributed by atoms with Crippen LogP contribution >= 0.6 is 51.1 Å². The van der Waals surface area contributed by atoms with E-state index in [4.69, 9.17) is 0 Å². The summed E-state index contributed by atoms with van der Waals surface area (Å²) in [5, 5.41) is 5.77. The zero-order valence-corrected chi connectivity index (χ0v) is 24.3. The summed E-state index contributed by atoms with van der Waals surface area (Å²) >= 11 is 4.37. The third-order valence-electron chi connectivity index (χ3n) is 5.27. The van der Waals surface area contributed by atoms with Crippen LogP contribution in [0.25, 0.3) is 0 Å². The fraction of sp³-hybridized carbons (Fsp3) is 0.0769. The predicted octanol–water partition coefficient (Wildman–Crippen LogP) is 7.88. The quantitative estimate of drug-likeness (QED) is 0.237. The van der Waals surface area contributed by atoms with E-state index in [1.165, 1.54) is 21.2 Å². The average Bonchev–Trinajstić information content (AvgIpc) is 2.90. The fourth-order valence-corrected chi connectivity index (χ4v) is 31.7. The van der Waals surface area contributed by atoms with Crippen LogP contribution in [0.5, 0.6) is 0 Å². The molecule has 1 heterocycles. The van der Waals surface area contributed by atoms with Crippen molar-refractivity contribution in [2.45, 2.75) is 0 Å². The Labute approximate surface area is 215 Å². The highest BCUT2D eigenvalue weighted by Crippen LogP contribution is 2.85. The molecule has 2 unspecified atom stereocenters. The molecule has 0 radical (unpaired) electrons. The van der Waals surface area contributed by atoms with Crippen LogP contribution < -0.4 is 21.2 Å². The molecule has 1 aliphatic heterocycles. The molecule has 4 atom stereocenters. The molecule has 2 nitrogen and oxygen atoms in total. The maximum Gasteiger partial charge on any atom is 0.0679 e. The van der Waals surface area contributed by atoms with Crippen molar-refractivity contribution in [2.75, 3.05) is 14.1 Å². The van der Waals surface area contributed by atoms with Gasteiger partial charge >= 0.3 is 0 Å². The third kappa shape index (κ3) is 5.62. The summed E-state index contributed by atoms with van der Waals surface area (Å²) in [6.07, 6.45) is 0. The van der Waals surface area contributed by atoms with Crippen LogP contribution in [0.4, 0.5) is 0 Å². The lowest BCUT2D eigenvalue weighted by atomic mass is 10.4. The van der Waals surface area contributed by atoms with E-state index in [2.05, 4.69) is 166 Å². The molecular weight excluding hydrogens is 528 g/mol. The molecule has 0 saturated carbocycles. The molecule has 4 aromatic carbocycles. The van der Waals surface area contributed by atoms with Gasteiger partial charge in [-0.3, -0.25) is 0 Å². The first-order chi connectivity index (χ1) is 16.7. The molecule has 1 saturated heterocycles. The lowest BCUT2D eigenvalue weighted by Crippen LogP contribution is -2.23. The molecule has 1 fully saturated rings. The molecular formula is C26H26N2P4S2. The summed E-state index contributed by atoms with van der Waals surface area (Å²) in [6.45, 7) is 0. The first-order valence-corrected chi connectivity index (χ1v) is 20.2. The van der Waals surface area contributed by atoms with Crippen LogP contribution in [-0.4, -0.2) is 23.0 Å². The van der Waals surface area contributed by atoms with Crippen LogP contribution in [0, 0.1) is 0 Å². The molecule has 4 aromatic rings. The molecule has 0 bridgehead atoms. The lowest BCUT2D eigenvalue weighted by Gasteiger charge is -2.44. The minimum absolute atomic E-state index is 0.557.